The van der Waals surface area contributed by atoms with E-state index >= 15 is 0 Å². The fraction of sp³-hybridized carbons (Fsp3) is 0.600. The van der Waals surface area contributed by atoms with Gasteiger partial charge in [0, 0.05) is 25.2 Å². The number of methoxy groups -OCH3 is 1. The van der Waals surface area contributed by atoms with Gasteiger partial charge in [0.15, 0.2) is 0 Å². The molecule has 100 valence electrons. The Morgan fingerprint density at radius 2 is 2.00 bits per heavy atom. The minimum atomic E-state index is 0.563. The lowest BCUT2D eigenvalue weighted by Crippen LogP contribution is -2.38. The quantitative estimate of drug-likeness (QED) is 0.801. The second-order valence-corrected chi connectivity index (χ2v) is 5.29. The Labute approximate surface area is 110 Å². The topological polar surface area (TPSA) is 24.5 Å². The molecule has 0 spiro atoms. The Morgan fingerprint density at radius 1 is 1.33 bits per heavy atom. The monoisotopic (exact) mass is 248 g/mol. The van der Waals surface area contributed by atoms with Gasteiger partial charge >= 0.3 is 0 Å². The molecule has 1 atom stereocenters. The molecule has 0 saturated heterocycles. The molecular formula is C15H24N2O. The van der Waals surface area contributed by atoms with Crippen LogP contribution in [0.1, 0.15) is 25.3 Å². The zero-order valence-corrected chi connectivity index (χ0v) is 11.6. The van der Waals surface area contributed by atoms with E-state index in [1.54, 1.807) is 7.11 Å². The van der Waals surface area contributed by atoms with E-state index in [0.717, 1.165) is 24.9 Å². The van der Waals surface area contributed by atoms with Gasteiger partial charge in [0.1, 0.15) is 5.75 Å². The van der Waals surface area contributed by atoms with Crippen LogP contribution in [0.4, 0.5) is 0 Å². The maximum atomic E-state index is 5.17. The molecule has 1 unspecified atom stereocenters. The van der Waals surface area contributed by atoms with Crippen LogP contribution < -0.4 is 10.1 Å². The highest BCUT2D eigenvalue weighted by atomic mass is 16.5. The average molecular weight is 248 g/mol. The normalized spacial score (nSPS) is 16.9. The van der Waals surface area contributed by atoms with Crippen molar-refractivity contribution >= 4 is 0 Å². The van der Waals surface area contributed by atoms with Gasteiger partial charge in [-0.3, -0.25) is 4.90 Å². The van der Waals surface area contributed by atoms with Crippen molar-refractivity contribution in [1.82, 2.24) is 10.2 Å². The molecule has 1 aromatic carbocycles. The molecule has 0 aromatic heterocycles. The molecule has 1 aliphatic rings. The van der Waals surface area contributed by atoms with E-state index in [4.69, 9.17) is 4.74 Å². The van der Waals surface area contributed by atoms with Gasteiger partial charge in [0.25, 0.3) is 0 Å². The third-order valence-electron chi connectivity index (χ3n) is 3.62. The molecule has 0 radical (unpaired) electrons. The molecule has 3 heteroatoms. The van der Waals surface area contributed by atoms with Crippen molar-refractivity contribution < 1.29 is 4.74 Å². The molecule has 1 aliphatic carbocycles. The van der Waals surface area contributed by atoms with Crippen molar-refractivity contribution in [3.8, 4) is 5.75 Å². The summed E-state index contributed by atoms with van der Waals surface area (Å²) in [6.07, 6.45) is 2.71. The van der Waals surface area contributed by atoms with Crippen molar-refractivity contribution in [2.24, 2.45) is 0 Å². The van der Waals surface area contributed by atoms with Gasteiger partial charge in [-0.15, -0.1) is 0 Å². The fourth-order valence-electron chi connectivity index (χ4n) is 1.96. The molecule has 1 aromatic rings. The number of hydrogen-bond donors (Lipinski definition) is 1. The van der Waals surface area contributed by atoms with E-state index < -0.39 is 0 Å². The van der Waals surface area contributed by atoms with Crippen molar-refractivity contribution in [1.29, 1.82) is 0 Å². The first kappa shape index (κ1) is 13.4. The second kappa shape index (κ2) is 6.21. The summed E-state index contributed by atoms with van der Waals surface area (Å²) in [5, 5.41) is 3.58. The third kappa shape index (κ3) is 4.00. The molecule has 1 saturated carbocycles. The Bertz CT molecular complexity index is 359. The van der Waals surface area contributed by atoms with Gasteiger partial charge in [-0.1, -0.05) is 12.1 Å². The molecule has 1 fully saturated rings. The van der Waals surface area contributed by atoms with E-state index in [-0.39, 0.29) is 0 Å². The van der Waals surface area contributed by atoms with Gasteiger partial charge in [-0.2, -0.15) is 0 Å². The first-order valence-electron chi connectivity index (χ1n) is 6.75. The number of rotatable bonds is 7. The smallest absolute Gasteiger partial charge is 0.118 e. The predicted octanol–water partition coefficient (Wildman–Crippen LogP) is 2.27. The largest absolute Gasteiger partial charge is 0.497 e. The van der Waals surface area contributed by atoms with E-state index in [1.165, 1.54) is 18.4 Å². The highest BCUT2D eigenvalue weighted by Gasteiger charge is 2.21. The zero-order chi connectivity index (χ0) is 13.0. The average Bonchev–Trinajstić information content (AvgIpc) is 3.21. The number of hydrogen-bond acceptors (Lipinski definition) is 3. The first-order chi connectivity index (χ1) is 8.69. The highest BCUT2D eigenvalue weighted by molar-refractivity contribution is 5.27. The van der Waals surface area contributed by atoms with Crippen LogP contribution >= 0.6 is 0 Å². The van der Waals surface area contributed by atoms with Crippen molar-refractivity contribution in [2.75, 3.05) is 20.7 Å². The summed E-state index contributed by atoms with van der Waals surface area (Å²) < 4.78 is 5.17. The summed E-state index contributed by atoms with van der Waals surface area (Å²) in [6.45, 7) is 4.34. The number of likely N-dealkylation sites (N-methyl/N-ethyl adjacent to an activating group) is 1. The van der Waals surface area contributed by atoms with Crippen LogP contribution in [0.25, 0.3) is 0 Å². The van der Waals surface area contributed by atoms with Crippen molar-refractivity contribution in [3.05, 3.63) is 29.8 Å². The van der Waals surface area contributed by atoms with Crippen LogP contribution in [0.2, 0.25) is 0 Å². The van der Waals surface area contributed by atoms with Crippen LogP contribution in [-0.4, -0.2) is 37.7 Å². The minimum absolute atomic E-state index is 0.563. The lowest BCUT2D eigenvalue weighted by Gasteiger charge is -2.25. The van der Waals surface area contributed by atoms with Gasteiger partial charge in [-0.25, -0.2) is 0 Å². The third-order valence-corrected chi connectivity index (χ3v) is 3.62. The zero-order valence-electron chi connectivity index (χ0n) is 11.6. The van der Waals surface area contributed by atoms with E-state index in [0.29, 0.717) is 6.04 Å². The molecule has 0 aliphatic heterocycles. The molecule has 18 heavy (non-hydrogen) atoms. The van der Waals surface area contributed by atoms with E-state index in [9.17, 15) is 0 Å². The molecule has 0 heterocycles. The molecule has 0 bridgehead atoms. The number of nitrogens with zero attached hydrogens (tertiary/aromatic N) is 1. The molecule has 3 nitrogen and oxygen atoms in total. The van der Waals surface area contributed by atoms with Gasteiger partial charge in [-0.05, 0) is 44.5 Å². The highest BCUT2D eigenvalue weighted by Crippen LogP contribution is 2.19. The Kier molecular flexibility index (Phi) is 4.61. The summed E-state index contributed by atoms with van der Waals surface area (Å²) in [6, 6.07) is 9.67. The number of ether oxygens (including phenoxy) is 1. The van der Waals surface area contributed by atoms with E-state index in [2.05, 4.69) is 36.3 Å². The number of nitrogens with one attached hydrogen (secondary N) is 1. The molecular weight excluding hydrogens is 224 g/mol. The maximum absolute atomic E-state index is 5.17. The van der Waals surface area contributed by atoms with Gasteiger partial charge in [0.2, 0.25) is 0 Å². The molecule has 1 N–H and O–H groups in total. The lowest BCUT2D eigenvalue weighted by molar-refractivity contribution is 0.242. The van der Waals surface area contributed by atoms with Crippen LogP contribution in [0.5, 0.6) is 5.75 Å². The molecule has 2 rings (SSSR count). The summed E-state index contributed by atoms with van der Waals surface area (Å²) in [4.78, 5) is 2.39. The standard InChI is InChI=1S/C15H24N2O/c1-12(10-16-14-6-7-14)17(2)11-13-4-8-15(18-3)9-5-13/h4-5,8-9,12,14,16H,6-7,10-11H2,1-3H3. The Balaban J connectivity index is 1.78. The van der Waals surface area contributed by atoms with Crippen LogP contribution in [0.15, 0.2) is 24.3 Å². The van der Waals surface area contributed by atoms with Crippen LogP contribution in [0.3, 0.4) is 0 Å². The van der Waals surface area contributed by atoms with Crippen LogP contribution in [0, 0.1) is 0 Å². The van der Waals surface area contributed by atoms with Gasteiger partial charge < -0.3 is 10.1 Å². The SMILES string of the molecule is COc1ccc(CN(C)C(C)CNC2CC2)cc1. The first-order valence-corrected chi connectivity index (χ1v) is 6.75. The summed E-state index contributed by atoms with van der Waals surface area (Å²) in [7, 11) is 3.89. The lowest BCUT2D eigenvalue weighted by atomic mass is 10.2. The maximum Gasteiger partial charge on any atom is 0.118 e. The minimum Gasteiger partial charge on any atom is -0.497 e. The Morgan fingerprint density at radius 3 is 2.56 bits per heavy atom. The fourth-order valence-corrected chi connectivity index (χ4v) is 1.96. The summed E-state index contributed by atoms with van der Waals surface area (Å²) in [5.41, 5.74) is 1.33. The van der Waals surface area contributed by atoms with Crippen LogP contribution in [-0.2, 0) is 6.54 Å². The van der Waals surface area contributed by atoms with Crippen molar-refractivity contribution in [2.45, 2.75) is 38.4 Å². The predicted molar refractivity (Wildman–Crippen MR) is 74.9 cm³/mol. The Hall–Kier alpha value is -1.06. The van der Waals surface area contributed by atoms with Crippen molar-refractivity contribution in [3.63, 3.8) is 0 Å². The number of benzene rings is 1. The molecule has 0 amide bonds. The second-order valence-electron chi connectivity index (χ2n) is 5.29. The summed E-state index contributed by atoms with van der Waals surface area (Å²) >= 11 is 0. The van der Waals surface area contributed by atoms with E-state index in [1.807, 2.05) is 12.1 Å². The summed E-state index contributed by atoms with van der Waals surface area (Å²) in [5.74, 6) is 0.921. The van der Waals surface area contributed by atoms with Gasteiger partial charge in [0.05, 0.1) is 7.11 Å².